The fraction of sp³-hybridized carbons (Fsp3) is 0.321. The summed E-state index contributed by atoms with van der Waals surface area (Å²) in [5.41, 5.74) is 3.29. The molecule has 1 fully saturated rings. The van der Waals surface area contributed by atoms with Gasteiger partial charge in [-0.05, 0) is 61.6 Å². The lowest BCUT2D eigenvalue weighted by Crippen LogP contribution is -2.47. The minimum Gasteiger partial charge on any atom is -0.343 e. The highest BCUT2D eigenvalue weighted by Gasteiger charge is 2.47. The molecule has 0 N–H and O–H groups in total. The van der Waals surface area contributed by atoms with Crippen LogP contribution in [0.4, 0.5) is 0 Å². The Kier molecular flexibility index (Phi) is 6.87. The van der Waals surface area contributed by atoms with E-state index in [-0.39, 0.29) is 11.8 Å². The summed E-state index contributed by atoms with van der Waals surface area (Å²) in [7, 11) is 0. The quantitative estimate of drug-likeness (QED) is 0.534. The van der Waals surface area contributed by atoms with Crippen LogP contribution in [-0.2, 0) is 11.2 Å². The lowest BCUT2D eigenvalue weighted by Gasteiger charge is -2.34. The number of nitrogens with zero attached hydrogens (tertiary/aromatic N) is 3. The first-order valence-corrected chi connectivity index (χ1v) is 11.7. The predicted octanol–water partition coefficient (Wildman–Crippen LogP) is 4.69. The summed E-state index contributed by atoms with van der Waals surface area (Å²) in [6.45, 7) is 6.38. The predicted molar refractivity (Wildman–Crippen MR) is 131 cm³/mol. The lowest BCUT2D eigenvalue weighted by atomic mass is 9.79. The number of carbonyl (C=O) groups is 2. The third-order valence-corrected chi connectivity index (χ3v) is 6.63. The Balaban J connectivity index is 1.64. The SMILES string of the molecule is CCN(CC)C(=O)[C@]1(Cc2cccc(-c3cccnc3)c2)CCN(C(=O)c2ccccc2)C1. The molecule has 0 spiro atoms. The number of hydrogen-bond donors (Lipinski definition) is 0. The highest BCUT2D eigenvalue weighted by Crippen LogP contribution is 2.37. The van der Waals surface area contributed by atoms with Gasteiger partial charge in [0.1, 0.15) is 0 Å². The molecule has 1 atom stereocenters. The van der Waals surface area contributed by atoms with Crippen molar-refractivity contribution < 1.29 is 9.59 Å². The number of carbonyl (C=O) groups excluding carboxylic acids is 2. The minimum absolute atomic E-state index is 0.00562. The molecule has 0 bridgehead atoms. The molecule has 1 aliphatic heterocycles. The smallest absolute Gasteiger partial charge is 0.253 e. The molecule has 0 saturated carbocycles. The van der Waals surface area contributed by atoms with Crippen LogP contribution in [0, 0.1) is 5.41 Å². The largest absolute Gasteiger partial charge is 0.343 e. The zero-order valence-electron chi connectivity index (χ0n) is 19.4. The summed E-state index contributed by atoms with van der Waals surface area (Å²) in [4.78, 5) is 34.9. The molecule has 3 aromatic rings. The first-order chi connectivity index (χ1) is 16.1. The van der Waals surface area contributed by atoms with E-state index in [1.54, 1.807) is 6.20 Å². The normalized spacial score (nSPS) is 17.7. The third-order valence-electron chi connectivity index (χ3n) is 6.63. The van der Waals surface area contributed by atoms with Gasteiger partial charge in [0.25, 0.3) is 5.91 Å². The van der Waals surface area contributed by atoms with E-state index in [0.717, 1.165) is 16.7 Å². The first kappa shape index (κ1) is 22.7. The fourth-order valence-corrected chi connectivity index (χ4v) is 4.83. The summed E-state index contributed by atoms with van der Waals surface area (Å²) in [5.74, 6) is 0.136. The number of pyridine rings is 1. The molecular weight excluding hydrogens is 410 g/mol. The van der Waals surface area contributed by atoms with Crippen molar-refractivity contribution in [2.45, 2.75) is 26.7 Å². The van der Waals surface area contributed by atoms with Crippen molar-refractivity contribution in [3.05, 3.63) is 90.3 Å². The average Bonchev–Trinajstić information content (AvgIpc) is 3.30. The van der Waals surface area contributed by atoms with Gasteiger partial charge in [-0.1, -0.05) is 48.5 Å². The Labute approximate surface area is 196 Å². The summed E-state index contributed by atoms with van der Waals surface area (Å²) < 4.78 is 0. The molecule has 0 unspecified atom stereocenters. The molecule has 5 nitrogen and oxygen atoms in total. The summed E-state index contributed by atoms with van der Waals surface area (Å²) in [5, 5.41) is 0. The van der Waals surface area contributed by atoms with Gasteiger partial charge in [0, 0.05) is 44.1 Å². The number of hydrogen-bond acceptors (Lipinski definition) is 3. The molecule has 0 aliphatic carbocycles. The molecule has 33 heavy (non-hydrogen) atoms. The Morgan fingerprint density at radius 3 is 2.42 bits per heavy atom. The Bertz CT molecular complexity index is 1100. The zero-order chi connectivity index (χ0) is 23.3. The van der Waals surface area contributed by atoms with Crippen molar-refractivity contribution in [3.8, 4) is 11.1 Å². The number of benzene rings is 2. The van der Waals surface area contributed by atoms with Crippen LogP contribution in [0.15, 0.2) is 79.1 Å². The molecule has 2 amide bonds. The molecule has 5 heteroatoms. The van der Waals surface area contributed by atoms with Gasteiger partial charge in [0.15, 0.2) is 0 Å². The monoisotopic (exact) mass is 441 g/mol. The Hall–Kier alpha value is -3.47. The molecule has 2 heterocycles. The number of likely N-dealkylation sites (tertiary alicyclic amines) is 1. The second kappa shape index (κ2) is 9.99. The van der Waals surface area contributed by atoms with Crippen LogP contribution in [-0.4, -0.2) is 52.8 Å². The molecule has 170 valence electrons. The van der Waals surface area contributed by atoms with E-state index >= 15 is 0 Å². The lowest BCUT2D eigenvalue weighted by molar-refractivity contribution is -0.141. The van der Waals surface area contributed by atoms with E-state index in [9.17, 15) is 9.59 Å². The van der Waals surface area contributed by atoms with Gasteiger partial charge in [-0.25, -0.2) is 0 Å². The highest BCUT2D eigenvalue weighted by atomic mass is 16.2. The van der Waals surface area contributed by atoms with Crippen LogP contribution in [0.5, 0.6) is 0 Å². The number of aromatic nitrogens is 1. The highest BCUT2D eigenvalue weighted by molar-refractivity contribution is 5.95. The van der Waals surface area contributed by atoms with Gasteiger partial charge < -0.3 is 9.80 Å². The first-order valence-electron chi connectivity index (χ1n) is 11.7. The molecule has 1 aliphatic rings. The van der Waals surface area contributed by atoms with Crippen LogP contribution in [0.25, 0.3) is 11.1 Å². The second-order valence-corrected chi connectivity index (χ2v) is 8.72. The van der Waals surface area contributed by atoms with Crippen molar-refractivity contribution >= 4 is 11.8 Å². The average molecular weight is 442 g/mol. The van der Waals surface area contributed by atoms with E-state index in [1.807, 2.05) is 78.4 Å². The van der Waals surface area contributed by atoms with Crippen LogP contribution in [0.1, 0.15) is 36.2 Å². The van der Waals surface area contributed by atoms with Gasteiger partial charge in [-0.3, -0.25) is 14.6 Å². The van der Waals surface area contributed by atoms with E-state index in [2.05, 4.69) is 23.2 Å². The standard InChI is InChI=1S/C28H31N3O2/c1-3-30(4-2)27(33)28(15-17-31(21-28)26(32)23-11-6-5-7-12-23)19-22-10-8-13-24(18-22)25-14-9-16-29-20-25/h5-14,16,18,20H,3-4,15,17,19,21H2,1-2H3/t28-/m0/s1. The van der Waals surface area contributed by atoms with Crippen LogP contribution < -0.4 is 0 Å². The Morgan fingerprint density at radius 1 is 0.970 bits per heavy atom. The number of rotatable bonds is 7. The van der Waals surface area contributed by atoms with Crippen molar-refractivity contribution in [2.24, 2.45) is 5.41 Å². The summed E-state index contributed by atoms with van der Waals surface area (Å²) in [6, 6.07) is 21.6. The molecule has 2 aromatic carbocycles. The van der Waals surface area contributed by atoms with Gasteiger partial charge in [-0.15, -0.1) is 0 Å². The van der Waals surface area contributed by atoms with Crippen molar-refractivity contribution in [2.75, 3.05) is 26.2 Å². The third kappa shape index (κ3) is 4.82. The van der Waals surface area contributed by atoms with Gasteiger partial charge in [0.2, 0.25) is 5.91 Å². The Morgan fingerprint density at radius 2 is 1.73 bits per heavy atom. The van der Waals surface area contributed by atoms with Crippen molar-refractivity contribution in [1.82, 2.24) is 14.8 Å². The van der Waals surface area contributed by atoms with E-state index in [0.29, 0.717) is 44.6 Å². The maximum atomic E-state index is 13.8. The zero-order valence-corrected chi connectivity index (χ0v) is 19.4. The molecule has 4 rings (SSSR count). The summed E-state index contributed by atoms with van der Waals surface area (Å²) in [6.07, 6.45) is 4.89. The maximum absolute atomic E-state index is 13.8. The molecule has 1 saturated heterocycles. The van der Waals surface area contributed by atoms with Crippen molar-refractivity contribution in [3.63, 3.8) is 0 Å². The number of amides is 2. The van der Waals surface area contributed by atoms with E-state index in [1.165, 1.54) is 0 Å². The van der Waals surface area contributed by atoms with Gasteiger partial charge in [-0.2, -0.15) is 0 Å². The van der Waals surface area contributed by atoms with Crippen LogP contribution >= 0.6 is 0 Å². The second-order valence-electron chi connectivity index (χ2n) is 8.72. The van der Waals surface area contributed by atoms with E-state index < -0.39 is 5.41 Å². The molecule has 0 radical (unpaired) electrons. The van der Waals surface area contributed by atoms with E-state index in [4.69, 9.17) is 0 Å². The summed E-state index contributed by atoms with van der Waals surface area (Å²) >= 11 is 0. The molecular formula is C28H31N3O2. The topological polar surface area (TPSA) is 53.5 Å². The van der Waals surface area contributed by atoms with Crippen LogP contribution in [0.2, 0.25) is 0 Å². The molecule has 1 aromatic heterocycles. The van der Waals surface area contributed by atoms with Gasteiger partial charge in [0.05, 0.1) is 5.41 Å². The maximum Gasteiger partial charge on any atom is 0.253 e. The van der Waals surface area contributed by atoms with Crippen LogP contribution in [0.3, 0.4) is 0 Å². The van der Waals surface area contributed by atoms with Crippen molar-refractivity contribution in [1.29, 1.82) is 0 Å². The fourth-order valence-electron chi connectivity index (χ4n) is 4.83. The van der Waals surface area contributed by atoms with Gasteiger partial charge >= 0.3 is 0 Å². The minimum atomic E-state index is -0.621.